The van der Waals surface area contributed by atoms with Gasteiger partial charge >= 0.3 is 0 Å². The third-order valence-electron chi connectivity index (χ3n) is 6.85. The van der Waals surface area contributed by atoms with Crippen LogP contribution in [-0.4, -0.2) is 28.1 Å². The lowest BCUT2D eigenvalue weighted by Crippen LogP contribution is -2.44. The van der Waals surface area contributed by atoms with Crippen LogP contribution in [0.25, 0.3) is 16.5 Å². The van der Waals surface area contributed by atoms with Gasteiger partial charge in [0.1, 0.15) is 0 Å². The molecule has 3 rings (SSSR count). The molecule has 0 N–H and O–H groups in total. The quantitative estimate of drug-likeness (QED) is 0.280. The standard InChI is InChI=1S/C28H37N3O/c1-5-24(18-21(2)20-29)26-19-25-14-7-8-15-27(25)31(28(26)32)17-10-6-9-16-30-22(3)12-11-13-23(30)4/h5,7-8,14-15,18-19,22-23H,6,9-13,16-17H2,1-4H3/b21-18+,24-5+/t22-,23?/m0/s1. The van der Waals surface area contributed by atoms with Crippen molar-refractivity contribution in [3.05, 3.63) is 64.0 Å². The van der Waals surface area contributed by atoms with Crippen molar-refractivity contribution in [1.82, 2.24) is 9.47 Å². The van der Waals surface area contributed by atoms with E-state index in [-0.39, 0.29) is 5.56 Å². The van der Waals surface area contributed by atoms with Crippen molar-refractivity contribution >= 4 is 16.5 Å². The van der Waals surface area contributed by atoms with E-state index >= 15 is 0 Å². The molecule has 0 bridgehead atoms. The maximum absolute atomic E-state index is 13.5. The minimum Gasteiger partial charge on any atom is -0.308 e. The predicted molar refractivity (Wildman–Crippen MR) is 135 cm³/mol. The number of para-hydroxylation sites is 1. The molecule has 1 aliphatic heterocycles. The van der Waals surface area contributed by atoms with Gasteiger partial charge < -0.3 is 4.57 Å². The maximum Gasteiger partial charge on any atom is 0.258 e. The topological polar surface area (TPSA) is 49.0 Å². The van der Waals surface area contributed by atoms with Crippen LogP contribution in [0, 0.1) is 11.3 Å². The Balaban J connectivity index is 1.76. The van der Waals surface area contributed by atoms with Crippen LogP contribution in [-0.2, 0) is 6.54 Å². The Hall–Kier alpha value is -2.64. The molecule has 2 heterocycles. The van der Waals surface area contributed by atoms with Gasteiger partial charge in [-0.25, -0.2) is 0 Å². The molecule has 4 nitrogen and oxygen atoms in total. The highest BCUT2D eigenvalue weighted by Gasteiger charge is 2.23. The number of aromatic nitrogens is 1. The SMILES string of the molecule is C/C=C(\C=C(/C)C#N)c1cc2ccccc2n(CCCCCN2C(C)CCC[C@@H]2C)c1=O. The summed E-state index contributed by atoms with van der Waals surface area (Å²) in [5.41, 5.74) is 3.07. The number of benzene rings is 1. The van der Waals surface area contributed by atoms with E-state index in [0.717, 1.165) is 42.4 Å². The fourth-order valence-electron chi connectivity index (χ4n) is 4.99. The molecule has 170 valence electrons. The molecular formula is C28H37N3O. The molecule has 0 saturated carbocycles. The van der Waals surface area contributed by atoms with E-state index in [1.807, 2.05) is 41.8 Å². The van der Waals surface area contributed by atoms with Gasteiger partial charge in [-0.2, -0.15) is 5.26 Å². The smallest absolute Gasteiger partial charge is 0.258 e. The Morgan fingerprint density at radius 3 is 2.50 bits per heavy atom. The second-order valence-corrected chi connectivity index (χ2v) is 9.18. The number of piperidine rings is 1. The number of rotatable bonds is 8. The minimum atomic E-state index is 0.0251. The number of hydrogen-bond donors (Lipinski definition) is 0. The fourth-order valence-corrected chi connectivity index (χ4v) is 4.99. The van der Waals surface area contributed by atoms with Crippen LogP contribution in [0.2, 0.25) is 0 Å². The van der Waals surface area contributed by atoms with Crippen LogP contribution < -0.4 is 5.56 Å². The highest BCUT2D eigenvalue weighted by Crippen LogP contribution is 2.23. The van der Waals surface area contributed by atoms with Crippen LogP contribution in [0.4, 0.5) is 0 Å². The largest absolute Gasteiger partial charge is 0.308 e. The summed E-state index contributed by atoms with van der Waals surface area (Å²) >= 11 is 0. The second kappa shape index (κ2) is 11.3. The van der Waals surface area contributed by atoms with Gasteiger partial charge in [0.05, 0.1) is 11.6 Å². The average Bonchev–Trinajstić information content (AvgIpc) is 2.79. The zero-order valence-corrected chi connectivity index (χ0v) is 20.1. The molecule has 1 aromatic heterocycles. The third kappa shape index (κ3) is 5.58. The van der Waals surface area contributed by atoms with Crippen molar-refractivity contribution in [3.63, 3.8) is 0 Å². The van der Waals surface area contributed by atoms with Crippen LogP contribution in [0.3, 0.4) is 0 Å². The molecule has 0 spiro atoms. The van der Waals surface area contributed by atoms with Crippen molar-refractivity contribution in [3.8, 4) is 6.07 Å². The molecule has 0 aliphatic carbocycles. The summed E-state index contributed by atoms with van der Waals surface area (Å²) < 4.78 is 1.93. The van der Waals surface area contributed by atoms with Crippen LogP contribution in [0.15, 0.2) is 52.9 Å². The molecule has 1 unspecified atom stereocenters. The summed E-state index contributed by atoms with van der Waals surface area (Å²) in [5.74, 6) is 0. The molecule has 2 atom stereocenters. The first kappa shape index (κ1) is 24.0. The maximum atomic E-state index is 13.5. The summed E-state index contributed by atoms with van der Waals surface area (Å²) in [4.78, 5) is 16.1. The number of likely N-dealkylation sites (tertiary alicyclic amines) is 1. The molecule has 1 aromatic carbocycles. The highest BCUT2D eigenvalue weighted by atomic mass is 16.1. The van der Waals surface area contributed by atoms with E-state index in [0.29, 0.717) is 23.2 Å². The molecule has 1 fully saturated rings. The van der Waals surface area contributed by atoms with Crippen LogP contribution >= 0.6 is 0 Å². The summed E-state index contributed by atoms with van der Waals surface area (Å²) in [5, 5.41) is 10.2. The second-order valence-electron chi connectivity index (χ2n) is 9.18. The summed E-state index contributed by atoms with van der Waals surface area (Å²) in [6.07, 6.45) is 11.0. The number of pyridine rings is 1. The summed E-state index contributed by atoms with van der Waals surface area (Å²) in [7, 11) is 0. The van der Waals surface area contributed by atoms with Gasteiger partial charge in [0, 0.05) is 29.8 Å². The Morgan fingerprint density at radius 2 is 1.81 bits per heavy atom. The lowest BCUT2D eigenvalue weighted by molar-refractivity contribution is 0.101. The predicted octanol–water partition coefficient (Wildman–Crippen LogP) is 6.31. The first-order chi connectivity index (χ1) is 15.5. The summed E-state index contributed by atoms with van der Waals surface area (Å²) in [6, 6.07) is 13.6. The highest BCUT2D eigenvalue weighted by molar-refractivity contribution is 5.85. The third-order valence-corrected chi connectivity index (χ3v) is 6.85. The molecule has 0 radical (unpaired) electrons. The Bertz CT molecular complexity index is 1080. The lowest BCUT2D eigenvalue weighted by atomic mass is 9.97. The van der Waals surface area contributed by atoms with E-state index in [4.69, 9.17) is 0 Å². The number of fused-ring (bicyclic) bond motifs is 1. The van der Waals surface area contributed by atoms with Crippen molar-refractivity contribution in [2.24, 2.45) is 0 Å². The monoisotopic (exact) mass is 431 g/mol. The average molecular weight is 432 g/mol. The number of hydrogen-bond acceptors (Lipinski definition) is 3. The van der Waals surface area contributed by atoms with Gasteiger partial charge in [-0.3, -0.25) is 9.69 Å². The Kier molecular flexibility index (Phi) is 8.47. The van der Waals surface area contributed by atoms with E-state index in [1.165, 1.54) is 25.7 Å². The van der Waals surface area contributed by atoms with Gasteiger partial charge in [0.15, 0.2) is 0 Å². The number of nitrogens with zero attached hydrogens (tertiary/aromatic N) is 3. The molecule has 4 heteroatoms. The van der Waals surface area contributed by atoms with Crippen LogP contribution in [0.5, 0.6) is 0 Å². The number of nitriles is 1. The van der Waals surface area contributed by atoms with E-state index < -0.39 is 0 Å². The van der Waals surface area contributed by atoms with Crippen LogP contribution in [0.1, 0.15) is 71.8 Å². The first-order valence-corrected chi connectivity index (χ1v) is 12.1. The van der Waals surface area contributed by atoms with Gasteiger partial charge in [0.2, 0.25) is 0 Å². The van der Waals surface area contributed by atoms with Gasteiger partial charge in [-0.05, 0) is 89.1 Å². The van der Waals surface area contributed by atoms with Gasteiger partial charge in [0.25, 0.3) is 5.56 Å². The summed E-state index contributed by atoms with van der Waals surface area (Å²) in [6.45, 7) is 10.3. The number of aryl methyl sites for hydroxylation is 1. The Labute approximate surface area is 192 Å². The number of allylic oxidation sites excluding steroid dienone is 4. The Morgan fingerprint density at radius 1 is 1.12 bits per heavy atom. The van der Waals surface area contributed by atoms with E-state index in [2.05, 4.69) is 30.9 Å². The van der Waals surface area contributed by atoms with Crippen molar-refractivity contribution in [2.75, 3.05) is 6.54 Å². The number of unbranched alkanes of at least 4 members (excludes halogenated alkanes) is 2. The molecule has 2 aromatic rings. The van der Waals surface area contributed by atoms with Gasteiger partial charge in [-0.15, -0.1) is 0 Å². The lowest BCUT2D eigenvalue weighted by Gasteiger charge is -2.39. The zero-order valence-electron chi connectivity index (χ0n) is 20.1. The first-order valence-electron chi connectivity index (χ1n) is 12.1. The van der Waals surface area contributed by atoms with Crippen molar-refractivity contribution < 1.29 is 0 Å². The fraction of sp³-hybridized carbons (Fsp3) is 0.500. The molecule has 32 heavy (non-hydrogen) atoms. The minimum absolute atomic E-state index is 0.0251. The molecular weight excluding hydrogens is 394 g/mol. The van der Waals surface area contributed by atoms with Crippen molar-refractivity contribution in [1.29, 1.82) is 5.26 Å². The zero-order chi connectivity index (χ0) is 23.1. The van der Waals surface area contributed by atoms with Gasteiger partial charge in [-0.1, -0.05) is 37.1 Å². The van der Waals surface area contributed by atoms with Crippen molar-refractivity contribution in [2.45, 2.75) is 84.8 Å². The molecule has 1 saturated heterocycles. The van der Waals surface area contributed by atoms with E-state index in [9.17, 15) is 10.1 Å². The molecule has 1 aliphatic rings. The van der Waals surface area contributed by atoms with E-state index in [1.54, 1.807) is 13.0 Å². The normalized spacial score (nSPS) is 20.5. The molecule has 0 amide bonds.